The van der Waals surface area contributed by atoms with Crippen LogP contribution in [-0.4, -0.2) is 5.25 Å². The fraction of sp³-hybridized carbons (Fsp3) is 0.455. The highest BCUT2D eigenvalue weighted by Crippen LogP contribution is 2.22. The van der Waals surface area contributed by atoms with Crippen LogP contribution in [0, 0.1) is 0 Å². The minimum absolute atomic E-state index is 0.313. The van der Waals surface area contributed by atoms with Gasteiger partial charge in [-0.25, -0.2) is 0 Å². The van der Waals surface area contributed by atoms with E-state index in [0.717, 1.165) is 10.6 Å². The zero-order valence-electron chi connectivity index (χ0n) is 8.92. The summed E-state index contributed by atoms with van der Waals surface area (Å²) in [5.74, 6) is 0. The molecule has 0 bridgehead atoms. The second kappa shape index (κ2) is 5.92. The Kier molecular flexibility index (Phi) is 5.63. The maximum atomic E-state index is 5.87. The van der Waals surface area contributed by atoms with Crippen LogP contribution in [0.15, 0.2) is 34.9 Å². The summed E-state index contributed by atoms with van der Waals surface area (Å²) in [5, 5.41) is 0.313. The number of thioether (sulfide) groups is 1. The van der Waals surface area contributed by atoms with Crippen molar-refractivity contribution in [2.24, 2.45) is 5.73 Å². The highest BCUT2D eigenvalue weighted by Gasteiger charge is 2.04. The van der Waals surface area contributed by atoms with E-state index in [-0.39, 0.29) is 0 Å². The second-order valence-electron chi connectivity index (χ2n) is 3.37. The monoisotopic (exact) mass is 197 g/mol. The Bertz CT molecular complexity index is 234. The average molecular weight is 197 g/mol. The molecule has 0 aliphatic carbocycles. The van der Waals surface area contributed by atoms with Crippen molar-refractivity contribution in [2.45, 2.75) is 32.9 Å². The predicted octanol–water partition coefficient (Wildman–Crippen LogP) is 3.45. The van der Waals surface area contributed by atoms with E-state index < -0.39 is 0 Å². The van der Waals surface area contributed by atoms with Crippen LogP contribution in [0.25, 0.3) is 0 Å². The van der Waals surface area contributed by atoms with Crippen LogP contribution in [0.1, 0.15) is 27.7 Å². The van der Waals surface area contributed by atoms with Gasteiger partial charge in [0.05, 0.1) is 0 Å². The molecule has 0 aliphatic heterocycles. The van der Waals surface area contributed by atoms with Crippen LogP contribution in [0.2, 0.25) is 0 Å². The third-order valence-corrected chi connectivity index (χ3v) is 2.48. The van der Waals surface area contributed by atoms with Gasteiger partial charge in [-0.05, 0) is 38.7 Å². The zero-order valence-corrected chi connectivity index (χ0v) is 9.74. The van der Waals surface area contributed by atoms with Gasteiger partial charge in [-0.15, -0.1) is 11.8 Å². The van der Waals surface area contributed by atoms with Crippen LogP contribution < -0.4 is 5.73 Å². The first kappa shape index (κ1) is 12.4. The lowest BCUT2D eigenvalue weighted by atomic mass is 10.2. The molecule has 0 aromatic rings. The third-order valence-electron chi connectivity index (χ3n) is 1.46. The first-order valence-corrected chi connectivity index (χ1v) is 5.24. The van der Waals surface area contributed by atoms with Crippen molar-refractivity contribution >= 4 is 11.8 Å². The third kappa shape index (κ3) is 6.52. The maximum Gasteiger partial charge on any atom is 0.0458 e. The molecular weight excluding hydrogens is 178 g/mol. The van der Waals surface area contributed by atoms with Crippen molar-refractivity contribution in [3.05, 3.63) is 34.9 Å². The van der Waals surface area contributed by atoms with E-state index >= 15 is 0 Å². The minimum Gasteiger partial charge on any atom is -0.401 e. The summed E-state index contributed by atoms with van der Waals surface area (Å²) >= 11 is 1.70. The molecule has 13 heavy (non-hydrogen) atoms. The highest BCUT2D eigenvalue weighted by molar-refractivity contribution is 8.03. The maximum absolute atomic E-state index is 5.87. The van der Waals surface area contributed by atoms with E-state index in [2.05, 4.69) is 27.4 Å². The van der Waals surface area contributed by atoms with Crippen molar-refractivity contribution in [3.63, 3.8) is 0 Å². The lowest BCUT2D eigenvalue weighted by molar-refractivity contribution is 1.09. The van der Waals surface area contributed by atoms with Gasteiger partial charge in [-0.2, -0.15) is 0 Å². The van der Waals surface area contributed by atoms with E-state index in [1.807, 2.05) is 19.1 Å². The van der Waals surface area contributed by atoms with Gasteiger partial charge >= 0.3 is 0 Å². The van der Waals surface area contributed by atoms with Crippen molar-refractivity contribution in [2.75, 3.05) is 0 Å². The summed E-state index contributed by atoms with van der Waals surface area (Å²) in [6.45, 7) is 12.0. The molecule has 1 atom stereocenters. The van der Waals surface area contributed by atoms with E-state index in [0.29, 0.717) is 5.25 Å². The van der Waals surface area contributed by atoms with Crippen molar-refractivity contribution in [3.8, 4) is 0 Å². The summed E-state index contributed by atoms with van der Waals surface area (Å²) in [6.07, 6.45) is 4.00. The molecule has 2 heteroatoms. The minimum atomic E-state index is 0.313. The van der Waals surface area contributed by atoms with Gasteiger partial charge in [0.1, 0.15) is 0 Å². The summed E-state index contributed by atoms with van der Waals surface area (Å²) in [5.41, 5.74) is 8.03. The molecule has 0 aromatic heterocycles. The molecule has 1 nitrogen and oxygen atoms in total. The summed E-state index contributed by atoms with van der Waals surface area (Å²) < 4.78 is 0. The molecule has 74 valence electrons. The van der Waals surface area contributed by atoms with Gasteiger partial charge in [0.25, 0.3) is 0 Å². The van der Waals surface area contributed by atoms with Gasteiger partial charge in [-0.1, -0.05) is 18.2 Å². The molecule has 0 aromatic carbocycles. The quantitative estimate of drug-likeness (QED) is 0.699. The number of nitrogens with two attached hydrogens (primary N) is 1. The number of rotatable bonds is 4. The lowest BCUT2D eigenvalue weighted by Crippen LogP contribution is -2.09. The molecule has 0 heterocycles. The van der Waals surface area contributed by atoms with Crippen LogP contribution >= 0.6 is 11.8 Å². The van der Waals surface area contributed by atoms with Gasteiger partial charge < -0.3 is 5.73 Å². The summed E-state index contributed by atoms with van der Waals surface area (Å²) in [6, 6.07) is 0. The largest absolute Gasteiger partial charge is 0.401 e. The van der Waals surface area contributed by atoms with E-state index in [9.17, 15) is 0 Å². The number of hydrogen-bond acceptors (Lipinski definition) is 2. The molecular formula is C11H19NS. The van der Waals surface area contributed by atoms with Gasteiger partial charge in [0, 0.05) is 10.9 Å². The smallest absolute Gasteiger partial charge is 0.0458 e. The second-order valence-corrected chi connectivity index (χ2v) is 5.01. The Morgan fingerprint density at radius 1 is 1.31 bits per heavy atom. The fourth-order valence-corrected chi connectivity index (χ4v) is 1.59. The highest BCUT2D eigenvalue weighted by atomic mass is 32.2. The molecule has 0 spiro atoms. The van der Waals surface area contributed by atoms with E-state index in [4.69, 9.17) is 5.73 Å². The van der Waals surface area contributed by atoms with E-state index in [1.165, 1.54) is 5.57 Å². The molecule has 0 saturated heterocycles. The standard InChI is InChI=1S/C11H19NS/c1-8(2)6-7-11(12)10(5)13-9(3)4/h6-7,10H,3,12H2,1-2,4-5H3/b11-7+. The molecule has 0 aliphatic rings. The van der Waals surface area contributed by atoms with Crippen molar-refractivity contribution < 1.29 is 0 Å². The van der Waals surface area contributed by atoms with Crippen LogP contribution in [0.5, 0.6) is 0 Å². The Hall–Kier alpha value is -0.630. The SMILES string of the molecule is C=C(C)SC(C)/C(N)=C\C=C(C)C. The molecule has 1 unspecified atom stereocenters. The molecule has 0 rings (SSSR count). The average Bonchev–Trinajstić information content (AvgIpc) is 1.98. The number of allylic oxidation sites excluding steroid dienone is 4. The molecule has 0 radical (unpaired) electrons. The van der Waals surface area contributed by atoms with Crippen LogP contribution in [-0.2, 0) is 0 Å². The first-order valence-electron chi connectivity index (χ1n) is 4.36. The van der Waals surface area contributed by atoms with Crippen molar-refractivity contribution in [1.29, 1.82) is 0 Å². The normalized spacial score (nSPS) is 13.7. The Labute approximate surface area is 85.8 Å². The first-order chi connectivity index (χ1) is 5.93. The number of hydrogen-bond donors (Lipinski definition) is 1. The summed E-state index contributed by atoms with van der Waals surface area (Å²) in [7, 11) is 0. The predicted molar refractivity (Wildman–Crippen MR) is 63.6 cm³/mol. The summed E-state index contributed by atoms with van der Waals surface area (Å²) in [4.78, 5) is 1.10. The Balaban J connectivity index is 4.24. The van der Waals surface area contributed by atoms with Gasteiger partial charge in [-0.3, -0.25) is 0 Å². The van der Waals surface area contributed by atoms with Gasteiger partial charge in [0.15, 0.2) is 0 Å². The lowest BCUT2D eigenvalue weighted by Gasteiger charge is -2.10. The van der Waals surface area contributed by atoms with Crippen LogP contribution in [0.3, 0.4) is 0 Å². The van der Waals surface area contributed by atoms with Crippen LogP contribution in [0.4, 0.5) is 0 Å². The van der Waals surface area contributed by atoms with E-state index in [1.54, 1.807) is 11.8 Å². The molecule has 0 saturated carbocycles. The Morgan fingerprint density at radius 2 is 1.85 bits per heavy atom. The van der Waals surface area contributed by atoms with Gasteiger partial charge in [0.2, 0.25) is 0 Å². The van der Waals surface area contributed by atoms with Crippen molar-refractivity contribution in [1.82, 2.24) is 0 Å². The molecule has 0 fully saturated rings. The fourth-order valence-electron chi connectivity index (χ4n) is 0.768. The Morgan fingerprint density at radius 3 is 2.23 bits per heavy atom. The molecule has 2 N–H and O–H groups in total. The molecule has 0 amide bonds. The topological polar surface area (TPSA) is 26.0 Å². The zero-order chi connectivity index (χ0) is 10.4.